The number of carbonyl (C=O) groups excluding carboxylic acids is 1. The number of benzene rings is 1. The smallest absolute Gasteiger partial charge is 0.290 e. The van der Waals surface area contributed by atoms with Crippen molar-refractivity contribution in [3.63, 3.8) is 0 Å². The summed E-state index contributed by atoms with van der Waals surface area (Å²) in [7, 11) is 2.01. The van der Waals surface area contributed by atoms with Crippen molar-refractivity contribution in [1.82, 2.24) is 14.9 Å². The summed E-state index contributed by atoms with van der Waals surface area (Å²) in [6.45, 7) is 4.22. The molecule has 3 rings (SSSR count). The Morgan fingerprint density at radius 1 is 1.36 bits per heavy atom. The maximum Gasteiger partial charge on any atom is 0.290 e. The average molecular weight is 385 g/mol. The van der Waals surface area contributed by atoms with Gasteiger partial charge in [0.25, 0.3) is 12.4 Å². The summed E-state index contributed by atoms with van der Waals surface area (Å²) in [6, 6.07) is 11.6. The summed E-state index contributed by atoms with van der Waals surface area (Å²) < 4.78 is 0. The van der Waals surface area contributed by atoms with Gasteiger partial charge in [-0.05, 0) is 31.9 Å². The van der Waals surface area contributed by atoms with Crippen LogP contribution >= 0.6 is 0 Å². The minimum Gasteiger partial charge on any atom is -0.483 e. The second-order valence-corrected chi connectivity index (χ2v) is 6.48. The number of likely N-dealkylation sites (tertiary alicyclic amines) is 1. The highest BCUT2D eigenvalue weighted by Gasteiger charge is 2.24. The third-order valence-corrected chi connectivity index (χ3v) is 4.60. The molecule has 1 amide bonds. The van der Waals surface area contributed by atoms with E-state index in [2.05, 4.69) is 27.1 Å². The molecule has 1 aromatic heterocycles. The van der Waals surface area contributed by atoms with Gasteiger partial charge < -0.3 is 20.2 Å². The van der Waals surface area contributed by atoms with Crippen LogP contribution in [-0.2, 0) is 4.79 Å². The first-order valence-corrected chi connectivity index (χ1v) is 9.31. The zero-order chi connectivity index (χ0) is 20.4. The minimum atomic E-state index is -0.250. The molecule has 2 heterocycles. The highest BCUT2D eigenvalue weighted by molar-refractivity contribution is 5.94. The number of nitrogens with one attached hydrogen (secondary N) is 1. The summed E-state index contributed by atoms with van der Waals surface area (Å²) in [5, 5.41) is 10.4. The van der Waals surface area contributed by atoms with E-state index in [1.807, 2.05) is 48.3 Å². The number of nitrogens with zero attached hydrogens (tertiary/aromatic N) is 4. The molecule has 1 aromatic carbocycles. The molecule has 1 fully saturated rings. The van der Waals surface area contributed by atoms with Crippen molar-refractivity contribution in [3.05, 3.63) is 48.3 Å². The predicted octanol–water partition coefficient (Wildman–Crippen LogP) is 2.35. The van der Waals surface area contributed by atoms with Crippen LogP contribution in [0, 0.1) is 0 Å². The van der Waals surface area contributed by atoms with Crippen LogP contribution in [0.3, 0.4) is 0 Å². The second-order valence-electron chi connectivity index (χ2n) is 6.48. The Morgan fingerprint density at radius 3 is 2.75 bits per heavy atom. The van der Waals surface area contributed by atoms with E-state index in [1.54, 1.807) is 6.33 Å². The van der Waals surface area contributed by atoms with Crippen LogP contribution in [0.1, 0.15) is 30.1 Å². The number of aromatic nitrogens is 2. The monoisotopic (exact) mass is 385 g/mol. The molecule has 2 N–H and O–H groups in total. The van der Waals surface area contributed by atoms with E-state index in [9.17, 15) is 4.79 Å². The zero-order valence-corrected chi connectivity index (χ0v) is 16.3. The van der Waals surface area contributed by atoms with Gasteiger partial charge in [-0.2, -0.15) is 0 Å². The van der Waals surface area contributed by atoms with E-state index in [-0.39, 0.29) is 18.4 Å². The van der Waals surface area contributed by atoms with Gasteiger partial charge in [-0.25, -0.2) is 9.97 Å². The third-order valence-electron chi connectivity index (χ3n) is 4.60. The Bertz CT molecular complexity index is 757. The SMILES string of the molecule is CCN(C)c1cc(NC2CCCN(C(=O)c3ccccc3)C2)ncn1.O=CO. The van der Waals surface area contributed by atoms with Crippen molar-refractivity contribution >= 4 is 24.0 Å². The summed E-state index contributed by atoms with van der Waals surface area (Å²) in [6.07, 6.45) is 3.60. The molecule has 1 atom stereocenters. The van der Waals surface area contributed by atoms with E-state index in [4.69, 9.17) is 9.90 Å². The fourth-order valence-electron chi connectivity index (χ4n) is 3.05. The number of anilines is 2. The molecule has 0 radical (unpaired) electrons. The third kappa shape index (κ3) is 5.94. The van der Waals surface area contributed by atoms with Gasteiger partial charge in [0.15, 0.2) is 0 Å². The first-order valence-electron chi connectivity index (χ1n) is 9.31. The van der Waals surface area contributed by atoms with E-state index in [0.717, 1.165) is 43.1 Å². The summed E-state index contributed by atoms with van der Waals surface area (Å²) in [5.74, 6) is 1.80. The summed E-state index contributed by atoms with van der Waals surface area (Å²) in [5.41, 5.74) is 0.747. The molecule has 8 heteroatoms. The molecule has 0 saturated carbocycles. The van der Waals surface area contributed by atoms with Crippen molar-refractivity contribution in [2.45, 2.75) is 25.8 Å². The molecule has 0 bridgehead atoms. The van der Waals surface area contributed by atoms with Gasteiger partial charge in [-0.3, -0.25) is 9.59 Å². The number of piperidine rings is 1. The molecule has 150 valence electrons. The van der Waals surface area contributed by atoms with E-state index in [0.29, 0.717) is 6.54 Å². The van der Waals surface area contributed by atoms with Crippen LogP contribution in [0.4, 0.5) is 11.6 Å². The van der Waals surface area contributed by atoms with Crippen molar-refractivity contribution < 1.29 is 14.7 Å². The quantitative estimate of drug-likeness (QED) is 0.762. The second kappa shape index (κ2) is 10.9. The van der Waals surface area contributed by atoms with Gasteiger partial charge in [-0.1, -0.05) is 18.2 Å². The fraction of sp³-hybridized carbons (Fsp3) is 0.400. The molecular weight excluding hydrogens is 358 g/mol. The number of carboxylic acid groups (broad SMARTS) is 1. The maximum absolute atomic E-state index is 12.6. The van der Waals surface area contributed by atoms with Crippen LogP contribution in [-0.4, -0.2) is 65.1 Å². The van der Waals surface area contributed by atoms with Gasteiger partial charge in [0, 0.05) is 44.4 Å². The van der Waals surface area contributed by atoms with E-state index in [1.165, 1.54) is 0 Å². The standard InChI is InChI=1S/C19H25N5O.CH2O2/c1-3-23(2)18-12-17(20-14-21-18)22-16-10-7-11-24(13-16)19(25)15-8-5-4-6-9-15;2-1-3/h4-6,8-9,12,14,16H,3,7,10-11,13H2,1-2H3,(H,20,21,22);1H,(H,2,3). The Hall–Kier alpha value is -3.16. The summed E-state index contributed by atoms with van der Waals surface area (Å²) in [4.78, 5) is 33.6. The number of rotatable bonds is 5. The zero-order valence-electron chi connectivity index (χ0n) is 16.3. The van der Waals surface area contributed by atoms with Crippen LogP contribution in [0.15, 0.2) is 42.7 Å². The van der Waals surface area contributed by atoms with Gasteiger partial charge in [0.05, 0.1) is 0 Å². The van der Waals surface area contributed by atoms with Crippen LogP contribution < -0.4 is 10.2 Å². The lowest BCUT2D eigenvalue weighted by atomic mass is 10.0. The molecule has 1 unspecified atom stereocenters. The lowest BCUT2D eigenvalue weighted by Crippen LogP contribution is -2.45. The first kappa shape index (κ1) is 21.1. The van der Waals surface area contributed by atoms with Crippen molar-refractivity contribution in [2.24, 2.45) is 0 Å². The van der Waals surface area contributed by atoms with E-state index < -0.39 is 0 Å². The first-order chi connectivity index (χ1) is 13.6. The van der Waals surface area contributed by atoms with Gasteiger partial charge in [0.2, 0.25) is 0 Å². The van der Waals surface area contributed by atoms with E-state index >= 15 is 0 Å². The van der Waals surface area contributed by atoms with Crippen molar-refractivity contribution in [1.29, 1.82) is 0 Å². The Balaban J connectivity index is 0.000000878. The highest BCUT2D eigenvalue weighted by atomic mass is 16.3. The van der Waals surface area contributed by atoms with Crippen molar-refractivity contribution in [2.75, 3.05) is 36.9 Å². The minimum absolute atomic E-state index is 0.0983. The Kier molecular flexibility index (Phi) is 8.20. The average Bonchev–Trinajstić information content (AvgIpc) is 2.74. The van der Waals surface area contributed by atoms with Crippen LogP contribution in [0.2, 0.25) is 0 Å². The largest absolute Gasteiger partial charge is 0.483 e. The van der Waals surface area contributed by atoms with Crippen LogP contribution in [0.25, 0.3) is 0 Å². The highest BCUT2D eigenvalue weighted by Crippen LogP contribution is 2.19. The molecule has 0 spiro atoms. The molecule has 8 nitrogen and oxygen atoms in total. The molecule has 1 saturated heterocycles. The topological polar surface area (TPSA) is 98.7 Å². The Labute approximate surface area is 165 Å². The van der Waals surface area contributed by atoms with Gasteiger partial charge in [0.1, 0.15) is 18.0 Å². The predicted molar refractivity (Wildman–Crippen MR) is 109 cm³/mol. The maximum atomic E-state index is 12.6. The van der Waals surface area contributed by atoms with Crippen molar-refractivity contribution in [3.8, 4) is 0 Å². The molecule has 1 aliphatic heterocycles. The number of amides is 1. The number of hydrogen-bond acceptors (Lipinski definition) is 6. The number of carbonyl (C=O) groups is 2. The Morgan fingerprint density at radius 2 is 2.07 bits per heavy atom. The van der Waals surface area contributed by atoms with Crippen LogP contribution in [0.5, 0.6) is 0 Å². The lowest BCUT2D eigenvalue weighted by molar-refractivity contribution is -0.122. The normalized spacial score (nSPS) is 15.8. The lowest BCUT2D eigenvalue weighted by Gasteiger charge is -2.33. The molecule has 1 aliphatic rings. The van der Waals surface area contributed by atoms with Gasteiger partial charge in [-0.15, -0.1) is 0 Å². The molecule has 28 heavy (non-hydrogen) atoms. The van der Waals surface area contributed by atoms with Gasteiger partial charge >= 0.3 is 0 Å². The summed E-state index contributed by atoms with van der Waals surface area (Å²) >= 11 is 0. The molecule has 2 aromatic rings. The fourth-order valence-corrected chi connectivity index (χ4v) is 3.05. The number of hydrogen-bond donors (Lipinski definition) is 2. The molecular formula is C20H27N5O3. The molecule has 0 aliphatic carbocycles.